The van der Waals surface area contributed by atoms with Gasteiger partial charge in [0.15, 0.2) is 5.65 Å². The maximum Gasteiger partial charge on any atom is 0.215 e. The second-order valence-corrected chi connectivity index (χ2v) is 5.42. The predicted molar refractivity (Wildman–Crippen MR) is 80.8 cm³/mol. The van der Waals surface area contributed by atoms with Crippen molar-refractivity contribution < 1.29 is 9.15 Å². The highest BCUT2D eigenvalue weighted by molar-refractivity contribution is 6.20. The first-order chi connectivity index (χ1) is 10.2. The van der Waals surface area contributed by atoms with Gasteiger partial charge in [0.05, 0.1) is 18.8 Å². The maximum absolute atomic E-state index is 6.25. The Morgan fingerprint density at radius 3 is 2.86 bits per heavy atom. The van der Waals surface area contributed by atoms with E-state index in [-0.39, 0.29) is 5.38 Å². The van der Waals surface area contributed by atoms with Crippen LogP contribution in [0.2, 0.25) is 0 Å². The molecule has 110 valence electrons. The lowest BCUT2D eigenvalue weighted by Gasteiger charge is -2.09. The second kappa shape index (κ2) is 5.77. The van der Waals surface area contributed by atoms with E-state index in [1.807, 2.05) is 29.7 Å². The normalized spacial score (nSPS) is 12.7. The summed E-state index contributed by atoms with van der Waals surface area (Å²) in [6.45, 7) is 2.61. The zero-order chi connectivity index (χ0) is 14.8. The van der Waals surface area contributed by atoms with E-state index in [9.17, 15) is 0 Å². The minimum Gasteiger partial charge on any atom is -0.481 e. The van der Waals surface area contributed by atoms with E-state index in [0.29, 0.717) is 12.4 Å². The van der Waals surface area contributed by atoms with Crippen LogP contribution in [-0.2, 0) is 13.0 Å². The van der Waals surface area contributed by atoms with E-state index in [1.54, 1.807) is 19.4 Å². The molecule has 0 saturated heterocycles. The molecule has 3 aromatic heterocycles. The number of furan rings is 1. The first-order valence-corrected chi connectivity index (χ1v) is 7.20. The molecule has 0 aliphatic heterocycles. The molecule has 0 aliphatic rings. The number of fused-ring (bicyclic) bond motifs is 1. The number of pyridine rings is 1. The van der Waals surface area contributed by atoms with Crippen LogP contribution in [-0.4, -0.2) is 21.6 Å². The average Bonchev–Trinajstić information content (AvgIpc) is 3.11. The highest BCUT2D eigenvalue weighted by atomic mass is 35.5. The number of hydrogen-bond acceptors (Lipinski definition) is 4. The summed E-state index contributed by atoms with van der Waals surface area (Å²) < 4.78 is 12.6. The Morgan fingerprint density at radius 2 is 2.19 bits per heavy atom. The molecular weight excluding hydrogens is 290 g/mol. The summed E-state index contributed by atoms with van der Waals surface area (Å²) in [5.41, 5.74) is 1.60. The third-order valence-corrected chi connectivity index (χ3v) is 3.52. The number of nitrogens with zero attached hydrogens (tertiary/aromatic N) is 3. The summed E-state index contributed by atoms with van der Waals surface area (Å²) in [7, 11) is 1.60. The van der Waals surface area contributed by atoms with E-state index in [0.717, 1.165) is 29.2 Å². The molecule has 1 atom stereocenters. The number of methoxy groups -OCH3 is 1. The minimum absolute atomic E-state index is 0.193. The van der Waals surface area contributed by atoms with Gasteiger partial charge in [0, 0.05) is 19.0 Å². The van der Waals surface area contributed by atoms with Gasteiger partial charge in [-0.1, -0.05) is 0 Å². The number of alkyl halides is 1. The van der Waals surface area contributed by atoms with Gasteiger partial charge in [-0.3, -0.25) is 0 Å². The highest BCUT2D eigenvalue weighted by Gasteiger charge is 2.16. The van der Waals surface area contributed by atoms with E-state index in [1.165, 1.54) is 0 Å². The predicted octanol–water partition coefficient (Wildman–Crippen LogP) is 3.58. The largest absolute Gasteiger partial charge is 0.481 e. The van der Waals surface area contributed by atoms with Crippen molar-refractivity contribution in [1.29, 1.82) is 0 Å². The number of ether oxygens (including phenoxy) is 1. The molecular formula is C15H16ClN3O2. The highest BCUT2D eigenvalue weighted by Crippen LogP contribution is 2.25. The van der Waals surface area contributed by atoms with E-state index in [4.69, 9.17) is 20.8 Å². The molecule has 0 aliphatic carbocycles. The van der Waals surface area contributed by atoms with Crippen LogP contribution in [0.5, 0.6) is 5.88 Å². The first-order valence-electron chi connectivity index (χ1n) is 6.76. The zero-order valence-electron chi connectivity index (χ0n) is 11.9. The molecule has 3 aromatic rings. The number of imidazole rings is 1. The summed E-state index contributed by atoms with van der Waals surface area (Å²) in [4.78, 5) is 9.06. The van der Waals surface area contributed by atoms with Crippen molar-refractivity contribution in [2.45, 2.75) is 25.3 Å². The van der Waals surface area contributed by atoms with Crippen molar-refractivity contribution in [2.24, 2.45) is 0 Å². The van der Waals surface area contributed by atoms with Crippen molar-refractivity contribution in [1.82, 2.24) is 14.5 Å². The summed E-state index contributed by atoms with van der Waals surface area (Å²) in [5.74, 6) is 2.29. The first kappa shape index (κ1) is 13.9. The lowest BCUT2D eigenvalue weighted by atomic mass is 10.3. The Labute approximate surface area is 127 Å². The molecule has 21 heavy (non-hydrogen) atoms. The molecule has 0 fully saturated rings. The monoisotopic (exact) mass is 305 g/mol. The Kier molecular flexibility index (Phi) is 3.84. The molecule has 0 aromatic carbocycles. The third kappa shape index (κ3) is 2.74. The van der Waals surface area contributed by atoms with Gasteiger partial charge in [0.25, 0.3) is 0 Å². The molecule has 0 saturated carbocycles. The van der Waals surface area contributed by atoms with Gasteiger partial charge in [0.1, 0.15) is 17.1 Å². The Hall–Kier alpha value is -2.01. The van der Waals surface area contributed by atoms with Crippen molar-refractivity contribution in [3.8, 4) is 5.88 Å². The lowest BCUT2D eigenvalue weighted by Crippen LogP contribution is -2.07. The molecule has 0 N–H and O–H groups in total. The van der Waals surface area contributed by atoms with Crippen molar-refractivity contribution >= 4 is 22.8 Å². The summed E-state index contributed by atoms with van der Waals surface area (Å²) in [5, 5.41) is -0.193. The smallest absolute Gasteiger partial charge is 0.215 e. The van der Waals surface area contributed by atoms with Crippen LogP contribution in [0.15, 0.2) is 34.9 Å². The molecule has 0 amide bonds. The third-order valence-electron chi connectivity index (χ3n) is 3.32. The molecule has 5 nitrogen and oxygen atoms in total. The van der Waals surface area contributed by atoms with Gasteiger partial charge in [-0.25, -0.2) is 4.98 Å². The number of rotatable bonds is 5. The molecule has 1 unspecified atom stereocenters. The Morgan fingerprint density at radius 1 is 1.33 bits per heavy atom. The SMILES string of the molecule is COc1ccc2nc(C(C)Cl)n(CCc3ccco3)c2n1. The van der Waals surface area contributed by atoms with Crippen LogP contribution in [0, 0.1) is 0 Å². The van der Waals surface area contributed by atoms with Crippen LogP contribution in [0.4, 0.5) is 0 Å². The lowest BCUT2D eigenvalue weighted by molar-refractivity contribution is 0.398. The van der Waals surface area contributed by atoms with Crippen LogP contribution in [0.3, 0.4) is 0 Å². The van der Waals surface area contributed by atoms with Crippen molar-refractivity contribution in [3.63, 3.8) is 0 Å². The van der Waals surface area contributed by atoms with Gasteiger partial charge in [-0.2, -0.15) is 4.98 Å². The number of aryl methyl sites for hydroxylation is 2. The van der Waals surface area contributed by atoms with Gasteiger partial charge in [-0.05, 0) is 25.1 Å². The average molecular weight is 306 g/mol. The van der Waals surface area contributed by atoms with Crippen LogP contribution in [0.1, 0.15) is 23.9 Å². The van der Waals surface area contributed by atoms with Gasteiger partial charge >= 0.3 is 0 Å². The van der Waals surface area contributed by atoms with Crippen LogP contribution >= 0.6 is 11.6 Å². The molecule has 0 spiro atoms. The minimum atomic E-state index is -0.193. The second-order valence-electron chi connectivity index (χ2n) is 4.76. The molecule has 3 rings (SSSR count). The number of hydrogen-bond donors (Lipinski definition) is 0. The standard InChI is InChI=1S/C15H16ClN3O2/c1-10(16)14-17-12-5-6-13(20-2)18-15(12)19(14)8-7-11-4-3-9-21-11/h3-6,9-10H,7-8H2,1-2H3. The fraction of sp³-hybridized carbons (Fsp3) is 0.333. The topological polar surface area (TPSA) is 53.1 Å². The zero-order valence-corrected chi connectivity index (χ0v) is 12.7. The van der Waals surface area contributed by atoms with E-state index >= 15 is 0 Å². The molecule has 0 radical (unpaired) electrons. The van der Waals surface area contributed by atoms with E-state index < -0.39 is 0 Å². The molecule has 6 heteroatoms. The molecule has 0 bridgehead atoms. The van der Waals surface area contributed by atoms with Gasteiger partial charge in [-0.15, -0.1) is 11.6 Å². The Balaban J connectivity index is 2.01. The van der Waals surface area contributed by atoms with E-state index in [2.05, 4.69) is 9.97 Å². The van der Waals surface area contributed by atoms with Crippen LogP contribution < -0.4 is 4.74 Å². The number of halogens is 1. The summed E-state index contributed by atoms with van der Waals surface area (Å²) in [6, 6.07) is 7.53. The van der Waals surface area contributed by atoms with Crippen molar-refractivity contribution in [2.75, 3.05) is 7.11 Å². The quantitative estimate of drug-likeness (QED) is 0.676. The van der Waals surface area contributed by atoms with Gasteiger partial charge in [0.2, 0.25) is 5.88 Å². The molecule has 3 heterocycles. The number of aromatic nitrogens is 3. The summed E-state index contributed by atoms with van der Waals surface area (Å²) >= 11 is 6.25. The summed E-state index contributed by atoms with van der Waals surface area (Å²) in [6.07, 6.45) is 2.43. The fourth-order valence-corrected chi connectivity index (χ4v) is 2.48. The van der Waals surface area contributed by atoms with Gasteiger partial charge < -0.3 is 13.7 Å². The fourth-order valence-electron chi connectivity index (χ4n) is 2.32. The maximum atomic E-state index is 6.25. The Bertz CT molecular complexity index is 735. The van der Waals surface area contributed by atoms with Crippen LogP contribution in [0.25, 0.3) is 11.2 Å². The van der Waals surface area contributed by atoms with Crippen molar-refractivity contribution in [3.05, 3.63) is 42.1 Å².